The minimum Gasteiger partial charge on any atom is -0.457 e. The number of benzene rings is 1. The molecule has 1 aliphatic rings. The standard InChI is InChI=1S/C20H14N4O4S/c1-23-19(25)17(29-20(23)22-18-4-2-3-11-21-18)12-15-9-10-16(28-15)13-5-7-14(8-6-13)24(26)27/h2-12H,1H3/b17-12+,22-20+. The highest BCUT2D eigenvalue weighted by atomic mass is 32.2. The molecule has 9 heteroatoms. The lowest BCUT2D eigenvalue weighted by Crippen LogP contribution is -2.23. The van der Waals surface area contributed by atoms with Gasteiger partial charge in [-0.05, 0) is 48.2 Å². The zero-order valence-corrected chi connectivity index (χ0v) is 16.0. The van der Waals surface area contributed by atoms with Gasteiger partial charge in [0, 0.05) is 37.0 Å². The van der Waals surface area contributed by atoms with E-state index in [1.54, 1.807) is 55.7 Å². The molecule has 8 nitrogen and oxygen atoms in total. The Morgan fingerprint density at radius 1 is 1.17 bits per heavy atom. The quantitative estimate of drug-likeness (QED) is 0.359. The third-order valence-electron chi connectivity index (χ3n) is 4.13. The number of carbonyl (C=O) groups excluding carboxylic acids is 1. The van der Waals surface area contributed by atoms with Crippen LogP contribution >= 0.6 is 11.8 Å². The summed E-state index contributed by atoms with van der Waals surface area (Å²) in [6.45, 7) is 0. The molecule has 0 N–H and O–H groups in total. The first-order valence-corrected chi connectivity index (χ1v) is 9.35. The summed E-state index contributed by atoms with van der Waals surface area (Å²) in [5, 5.41) is 11.3. The van der Waals surface area contributed by atoms with E-state index in [9.17, 15) is 14.9 Å². The minimum atomic E-state index is -0.453. The van der Waals surface area contributed by atoms with Crippen molar-refractivity contribution in [3.05, 3.63) is 81.6 Å². The number of furan rings is 1. The summed E-state index contributed by atoms with van der Waals surface area (Å²) in [6, 6.07) is 15.0. The number of likely N-dealkylation sites (N-methyl/N-ethyl adjacent to an activating group) is 1. The van der Waals surface area contributed by atoms with Crippen molar-refractivity contribution in [3.8, 4) is 11.3 Å². The van der Waals surface area contributed by atoms with Crippen molar-refractivity contribution in [1.29, 1.82) is 0 Å². The van der Waals surface area contributed by atoms with Gasteiger partial charge in [0.05, 0.1) is 9.83 Å². The van der Waals surface area contributed by atoms with E-state index < -0.39 is 4.92 Å². The van der Waals surface area contributed by atoms with E-state index in [1.807, 2.05) is 6.07 Å². The van der Waals surface area contributed by atoms with Crippen LogP contribution in [0.3, 0.4) is 0 Å². The van der Waals surface area contributed by atoms with Crippen molar-refractivity contribution >= 4 is 40.4 Å². The highest BCUT2D eigenvalue weighted by Gasteiger charge is 2.30. The molecule has 1 aliphatic heterocycles. The fraction of sp³-hybridized carbons (Fsp3) is 0.0500. The van der Waals surface area contributed by atoms with Crippen molar-refractivity contribution in [2.24, 2.45) is 4.99 Å². The highest BCUT2D eigenvalue weighted by Crippen LogP contribution is 2.34. The monoisotopic (exact) mass is 406 g/mol. The molecule has 144 valence electrons. The van der Waals surface area contributed by atoms with Crippen LogP contribution < -0.4 is 0 Å². The van der Waals surface area contributed by atoms with E-state index in [2.05, 4.69) is 9.98 Å². The number of pyridine rings is 1. The van der Waals surface area contributed by atoms with E-state index in [0.717, 1.165) is 0 Å². The molecule has 0 bridgehead atoms. The van der Waals surface area contributed by atoms with Gasteiger partial charge >= 0.3 is 0 Å². The Morgan fingerprint density at radius 3 is 2.66 bits per heavy atom. The molecule has 3 heterocycles. The average Bonchev–Trinajstić information content (AvgIpc) is 3.30. The molecule has 0 saturated carbocycles. The minimum absolute atomic E-state index is 0.0124. The number of rotatable bonds is 4. The zero-order chi connectivity index (χ0) is 20.4. The number of nitrogens with zero attached hydrogens (tertiary/aromatic N) is 4. The van der Waals surface area contributed by atoms with Crippen molar-refractivity contribution in [2.75, 3.05) is 7.05 Å². The largest absolute Gasteiger partial charge is 0.457 e. The van der Waals surface area contributed by atoms with Gasteiger partial charge in [-0.15, -0.1) is 0 Å². The molecule has 1 amide bonds. The molecule has 0 atom stereocenters. The second kappa shape index (κ2) is 7.72. The molecule has 29 heavy (non-hydrogen) atoms. The number of carbonyl (C=O) groups is 1. The Labute approximate surface area is 169 Å². The first-order chi connectivity index (χ1) is 14.0. The Bertz CT molecular complexity index is 1140. The number of nitro groups is 1. The molecule has 4 rings (SSSR count). The summed E-state index contributed by atoms with van der Waals surface area (Å²) in [6.07, 6.45) is 3.29. The van der Waals surface area contributed by atoms with Crippen LogP contribution in [0.15, 0.2) is 75.1 Å². The molecule has 3 aromatic rings. The van der Waals surface area contributed by atoms with E-state index in [0.29, 0.717) is 33.0 Å². The Kier molecular flexibility index (Phi) is 4.96. The van der Waals surface area contributed by atoms with E-state index in [4.69, 9.17) is 4.42 Å². The normalized spacial score (nSPS) is 16.7. The van der Waals surface area contributed by atoms with Gasteiger partial charge in [0.15, 0.2) is 11.0 Å². The van der Waals surface area contributed by atoms with Gasteiger partial charge in [-0.1, -0.05) is 6.07 Å². The molecule has 2 aromatic heterocycles. The number of hydrogen-bond donors (Lipinski definition) is 0. The van der Waals surface area contributed by atoms with Gasteiger partial charge in [0.25, 0.3) is 11.6 Å². The maximum atomic E-state index is 12.5. The maximum absolute atomic E-state index is 12.5. The fourth-order valence-corrected chi connectivity index (χ4v) is 3.59. The van der Waals surface area contributed by atoms with Gasteiger partial charge < -0.3 is 4.42 Å². The molecule has 0 radical (unpaired) electrons. The Morgan fingerprint density at radius 2 is 1.97 bits per heavy atom. The molecule has 0 unspecified atom stereocenters. The molecule has 0 aliphatic carbocycles. The van der Waals surface area contributed by atoms with Crippen LogP contribution in [0.25, 0.3) is 17.4 Å². The van der Waals surface area contributed by atoms with E-state index in [1.165, 1.54) is 28.8 Å². The number of amidine groups is 1. The lowest BCUT2D eigenvalue weighted by Gasteiger charge is -2.06. The zero-order valence-electron chi connectivity index (χ0n) is 15.2. The smallest absolute Gasteiger partial charge is 0.269 e. The molecule has 1 saturated heterocycles. The van der Waals surface area contributed by atoms with Crippen LogP contribution in [0.4, 0.5) is 11.5 Å². The first-order valence-electron chi connectivity index (χ1n) is 8.53. The van der Waals surface area contributed by atoms with Gasteiger partial charge in [0.2, 0.25) is 0 Å². The summed E-state index contributed by atoms with van der Waals surface area (Å²) in [5.41, 5.74) is 0.721. The maximum Gasteiger partial charge on any atom is 0.269 e. The van der Waals surface area contributed by atoms with Gasteiger partial charge in [-0.25, -0.2) is 9.98 Å². The second-order valence-electron chi connectivity index (χ2n) is 6.06. The first kappa shape index (κ1) is 18.6. The molecular formula is C20H14N4O4S. The Balaban J connectivity index is 1.56. The molecule has 0 spiro atoms. The third-order valence-corrected chi connectivity index (χ3v) is 5.19. The van der Waals surface area contributed by atoms with Crippen molar-refractivity contribution in [3.63, 3.8) is 0 Å². The van der Waals surface area contributed by atoms with Gasteiger partial charge in [-0.2, -0.15) is 0 Å². The second-order valence-corrected chi connectivity index (χ2v) is 7.07. The van der Waals surface area contributed by atoms with Crippen molar-refractivity contribution < 1.29 is 14.1 Å². The number of aliphatic imine (C=N–C) groups is 1. The number of thioether (sulfide) groups is 1. The third kappa shape index (κ3) is 3.94. The average molecular weight is 406 g/mol. The van der Waals surface area contributed by atoms with Crippen LogP contribution in [0.1, 0.15) is 5.76 Å². The highest BCUT2D eigenvalue weighted by molar-refractivity contribution is 8.18. The van der Waals surface area contributed by atoms with Crippen LogP contribution in [-0.4, -0.2) is 32.9 Å². The summed E-state index contributed by atoms with van der Waals surface area (Å²) >= 11 is 1.24. The molecule has 1 fully saturated rings. The van der Waals surface area contributed by atoms with E-state index >= 15 is 0 Å². The topological polar surface area (TPSA) is 102 Å². The molecule has 1 aromatic carbocycles. The summed E-state index contributed by atoms with van der Waals surface area (Å²) in [7, 11) is 1.66. The van der Waals surface area contributed by atoms with Crippen molar-refractivity contribution in [1.82, 2.24) is 9.88 Å². The van der Waals surface area contributed by atoms with Gasteiger partial charge in [0.1, 0.15) is 11.5 Å². The van der Waals surface area contributed by atoms with Gasteiger partial charge in [-0.3, -0.25) is 19.8 Å². The number of non-ortho nitro benzene ring substituents is 1. The van der Waals surface area contributed by atoms with Crippen LogP contribution in [0, 0.1) is 10.1 Å². The predicted molar refractivity (Wildman–Crippen MR) is 110 cm³/mol. The van der Waals surface area contributed by atoms with Crippen molar-refractivity contribution in [2.45, 2.75) is 0 Å². The summed E-state index contributed by atoms with van der Waals surface area (Å²) in [5.74, 6) is 1.40. The number of nitro benzene ring substituents is 1. The number of aromatic nitrogens is 1. The summed E-state index contributed by atoms with van der Waals surface area (Å²) in [4.78, 5) is 33.3. The number of amides is 1. The number of hydrogen-bond acceptors (Lipinski definition) is 7. The van der Waals surface area contributed by atoms with Crippen LogP contribution in [0.2, 0.25) is 0 Å². The Hall–Kier alpha value is -3.72. The van der Waals surface area contributed by atoms with E-state index in [-0.39, 0.29) is 11.6 Å². The lowest BCUT2D eigenvalue weighted by atomic mass is 10.1. The van der Waals surface area contributed by atoms with Crippen LogP contribution in [0.5, 0.6) is 0 Å². The van der Waals surface area contributed by atoms with Crippen LogP contribution in [-0.2, 0) is 4.79 Å². The lowest BCUT2D eigenvalue weighted by molar-refractivity contribution is -0.384. The summed E-state index contributed by atoms with van der Waals surface area (Å²) < 4.78 is 5.79. The SMILES string of the molecule is CN1C(=O)/C(=C\c2ccc(-c3ccc([N+](=O)[O-])cc3)o2)S/C1=N/c1ccccn1. The predicted octanol–water partition coefficient (Wildman–Crippen LogP) is 4.48. The molecular weight excluding hydrogens is 392 g/mol. The fourth-order valence-electron chi connectivity index (χ4n) is 2.63.